The van der Waals surface area contributed by atoms with E-state index in [1.807, 2.05) is 48.0 Å². The molecule has 4 aromatic rings. The second-order valence-corrected chi connectivity index (χ2v) is 11.1. The molecule has 0 radical (unpaired) electrons. The molecule has 2 aromatic heterocycles. The van der Waals surface area contributed by atoms with E-state index < -0.39 is 10.8 Å². The summed E-state index contributed by atoms with van der Waals surface area (Å²) in [4.78, 5) is 32.4. The maximum Gasteiger partial charge on any atom is 0.242 e. The molecule has 2 unspecified atom stereocenters. The minimum Gasteiger partial charge on any atom is -0.364 e. The molecule has 1 fully saturated rings. The largest absolute Gasteiger partial charge is 0.364 e. The Morgan fingerprint density at radius 3 is 2.59 bits per heavy atom. The number of nitrogens with one attached hydrogen (secondary N) is 2. The number of carbonyl (C=O) groups is 2. The number of nitrogens with zero attached hydrogens (tertiary/aromatic N) is 1. The predicted molar refractivity (Wildman–Crippen MR) is 147 cm³/mol. The Balaban J connectivity index is 1.45. The van der Waals surface area contributed by atoms with Gasteiger partial charge in [-0.25, -0.2) is 9.37 Å². The maximum absolute atomic E-state index is 13.5. The topological polar surface area (TPSA) is 71.1 Å². The van der Waals surface area contributed by atoms with Crippen molar-refractivity contribution in [2.24, 2.45) is 0 Å². The van der Waals surface area contributed by atoms with Crippen LogP contribution in [0.25, 0.3) is 0 Å². The number of carbonyl (C=O) groups excluding carboxylic acids is 2. The van der Waals surface area contributed by atoms with Gasteiger partial charge in [0, 0.05) is 17.4 Å². The fourth-order valence-corrected chi connectivity index (χ4v) is 6.37. The first-order valence-corrected chi connectivity index (χ1v) is 13.8. The second-order valence-electron chi connectivity index (χ2n) is 8.80. The number of hydrogen-bond donors (Lipinski definition) is 2. The number of thioether (sulfide) groups is 1. The number of halogens is 2. The van der Waals surface area contributed by atoms with Crippen LogP contribution in [-0.2, 0) is 15.1 Å². The van der Waals surface area contributed by atoms with E-state index in [0.717, 1.165) is 22.9 Å². The molecule has 0 aliphatic carbocycles. The number of amides is 1. The third-order valence-corrected chi connectivity index (χ3v) is 8.77. The SMILES string of the molecule is C[C@H](Nc1cccc(C2(c3ccsc3)CC(=O)C(Sc3ccccc3Cl)C(=O)N2)n1)c1ccc(F)cc1. The molecule has 1 amide bonds. The van der Waals surface area contributed by atoms with Gasteiger partial charge >= 0.3 is 0 Å². The molecule has 0 spiro atoms. The number of piperidine rings is 1. The summed E-state index contributed by atoms with van der Waals surface area (Å²) < 4.78 is 13.3. The van der Waals surface area contributed by atoms with Crippen LogP contribution < -0.4 is 10.6 Å². The number of rotatable bonds is 7. The highest BCUT2D eigenvalue weighted by Crippen LogP contribution is 2.41. The van der Waals surface area contributed by atoms with Gasteiger partial charge in [-0.2, -0.15) is 11.3 Å². The van der Waals surface area contributed by atoms with Crippen LogP contribution in [0.15, 0.2) is 88.5 Å². The minimum atomic E-state index is -1.09. The molecule has 0 saturated carbocycles. The highest BCUT2D eigenvalue weighted by atomic mass is 35.5. The van der Waals surface area contributed by atoms with E-state index in [2.05, 4.69) is 10.6 Å². The van der Waals surface area contributed by atoms with Crippen LogP contribution in [0.5, 0.6) is 0 Å². The number of aromatic nitrogens is 1. The highest BCUT2D eigenvalue weighted by Gasteiger charge is 2.48. The molecular formula is C28H23ClFN3O2S2. The van der Waals surface area contributed by atoms with Gasteiger partial charge in [0.15, 0.2) is 5.78 Å². The summed E-state index contributed by atoms with van der Waals surface area (Å²) in [5.74, 6) is -0.289. The van der Waals surface area contributed by atoms with Crippen LogP contribution >= 0.6 is 34.7 Å². The molecule has 37 heavy (non-hydrogen) atoms. The summed E-state index contributed by atoms with van der Waals surface area (Å²) in [6.07, 6.45) is 0.0571. The molecule has 0 bridgehead atoms. The van der Waals surface area contributed by atoms with Gasteiger partial charge in [-0.1, -0.05) is 41.9 Å². The minimum absolute atomic E-state index is 0.0571. The van der Waals surface area contributed by atoms with E-state index in [-0.39, 0.29) is 30.0 Å². The first-order valence-electron chi connectivity index (χ1n) is 11.6. The van der Waals surface area contributed by atoms with Gasteiger partial charge in [-0.15, -0.1) is 11.8 Å². The monoisotopic (exact) mass is 551 g/mol. The van der Waals surface area contributed by atoms with Crippen molar-refractivity contribution in [3.8, 4) is 0 Å². The van der Waals surface area contributed by atoms with Gasteiger partial charge in [0.05, 0.1) is 10.7 Å². The maximum atomic E-state index is 13.5. The van der Waals surface area contributed by atoms with E-state index in [4.69, 9.17) is 16.6 Å². The average molecular weight is 552 g/mol. The number of Topliss-reactive ketones (excluding diaryl/α,β-unsaturated/α-hetero) is 1. The number of benzene rings is 2. The Kier molecular flexibility index (Phi) is 7.33. The summed E-state index contributed by atoms with van der Waals surface area (Å²) in [6.45, 7) is 1.96. The van der Waals surface area contributed by atoms with E-state index >= 15 is 0 Å². The zero-order valence-electron chi connectivity index (χ0n) is 19.8. The Hall–Kier alpha value is -3.20. The Morgan fingerprint density at radius 2 is 1.89 bits per heavy atom. The number of thiophene rings is 1. The van der Waals surface area contributed by atoms with E-state index in [1.54, 1.807) is 30.3 Å². The molecular weight excluding hydrogens is 529 g/mol. The number of hydrogen-bond acceptors (Lipinski definition) is 6. The molecule has 3 atom stereocenters. The van der Waals surface area contributed by atoms with Gasteiger partial charge in [0.2, 0.25) is 5.91 Å². The highest BCUT2D eigenvalue weighted by molar-refractivity contribution is 8.01. The normalized spacial score (nSPS) is 20.4. The van der Waals surface area contributed by atoms with Gasteiger partial charge in [-0.3, -0.25) is 9.59 Å². The standard InChI is InChI=1S/C28H23ClFN3O2S2/c1-17(18-9-11-20(30)12-10-18)31-25-8-4-7-24(32-25)28(19-13-14-36-16-19)15-22(34)26(27(35)33-28)37-23-6-3-2-5-21(23)29/h2-14,16-17,26H,15H2,1H3,(H,31,32)(H,33,35)/t17-,26?,28?/m0/s1. The van der Waals surface area contributed by atoms with Crippen molar-refractivity contribution in [2.45, 2.75) is 35.1 Å². The average Bonchev–Trinajstić information content (AvgIpc) is 3.43. The smallest absolute Gasteiger partial charge is 0.242 e. The van der Waals surface area contributed by atoms with Crippen LogP contribution in [-0.4, -0.2) is 21.9 Å². The van der Waals surface area contributed by atoms with Gasteiger partial charge < -0.3 is 10.6 Å². The van der Waals surface area contributed by atoms with Crippen LogP contribution in [0.1, 0.15) is 36.2 Å². The Labute approximate surface area is 227 Å². The molecule has 5 rings (SSSR count). The van der Waals surface area contributed by atoms with E-state index in [0.29, 0.717) is 21.4 Å². The summed E-state index contributed by atoms with van der Waals surface area (Å²) in [7, 11) is 0. The van der Waals surface area contributed by atoms with Gasteiger partial charge in [-0.05, 0) is 71.3 Å². The van der Waals surface area contributed by atoms with Crippen LogP contribution in [0.4, 0.5) is 10.2 Å². The van der Waals surface area contributed by atoms with E-state index in [9.17, 15) is 14.0 Å². The van der Waals surface area contributed by atoms with Crippen molar-refractivity contribution in [3.63, 3.8) is 0 Å². The molecule has 3 heterocycles. The summed E-state index contributed by atoms with van der Waals surface area (Å²) in [5, 5.41) is 9.91. The molecule has 1 aliphatic heterocycles. The van der Waals surface area contributed by atoms with Crippen molar-refractivity contribution < 1.29 is 14.0 Å². The summed E-state index contributed by atoms with van der Waals surface area (Å²) in [5.41, 5.74) is 1.17. The molecule has 1 saturated heterocycles. The lowest BCUT2D eigenvalue weighted by molar-refractivity contribution is -0.133. The molecule has 1 aliphatic rings. The molecule has 5 nitrogen and oxygen atoms in total. The number of anilines is 1. The lowest BCUT2D eigenvalue weighted by Gasteiger charge is -2.39. The third kappa shape index (κ3) is 5.28. The van der Waals surface area contributed by atoms with Crippen LogP contribution in [0.3, 0.4) is 0 Å². The van der Waals surface area contributed by atoms with E-state index in [1.165, 1.54) is 23.5 Å². The first-order chi connectivity index (χ1) is 17.9. The van der Waals surface area contributed by atoms with Crippen molar-refractivity contribution >= 4 is 52.2 Å². The molecule has 188 valence electrons. The number of pyridine rings is 1. The summed E-state index contributed by atoms with van der Waals surface area (Å²) in [6, 6.07) is 20.7. The third-order valence-electron chi connectivity index (χ3n) is 6.32. The zero-order valence-corrected chi connectivity index (χ0v) is 22.2. The lowest BCUT2D eigenvalue weighted by atomic mass is 9.79. The van der Waals surface area contributed by atoms with Crippen LogP contribution in [0.2, 0.25) is 5.02 Å². The quantitative estimate of drug-likeness (QED) is 0.253. The summed E-state index contributed by atoms with van der Waals surface area (Å²) >= 11 is 8.93. The lowest BCUT2D eigenvalue weighted by Crippen LogP contribution is -2.58. The predicted octanol–water partition coefficient (Wildman–Crippen LogP) is 6.60. The Morgan fingerprint density at radius 1 is 1.11 bits per heavy atom. The van der Waals surface area contributed by atoms with Crippen molar-refractivity contribution in [1.29, 1.82) is 0 Å². The second kappa shape index (κ2) is 10.7. The van der Waals surface area contributed by atoms with Gasteiger partial charge in [0.25, 0.3) is 0 Å². The van der Waals surface area contributed by atoms with Gasteiger partial charge in [0.1, 0.15) is 22.4 Å². The van der Waals surface area contributed by atoms with Crippen LogP contribution in [0, 0.1) is 5.82 Å². The fourth-order valence-electron chi connectivity index (χ4n) is 4.40. The first kappa shape index (κ1) is 25.4. The molecule has 9 heteroatoms. The van der Waals surface area contributed by atoms with Crippen molar-refractivity contribution in [1.82, 2.24) is 10.3 Å². The molecule has 2 N–H and O–H groups in total. The Bertz CT molecular complexity index is 1410. The fraction of sp³-hybridized carbons (Fsp3) is 0.179. The zero-order chi connectivity index (χ0) is 26.0. The number of ketones is 1. The molecule has 2 aromatic carbocycles. The van der Waals surface area contributed by atoms with Crippen molar-refractivity contribution in [2.75, 3.05) is 5.32 Å². The van der Waals surface area contributed by atoms with Crippen molar-refractivity contribution in [3.05, 3.63) is 111 Å².